The number of hydrogen-bond donors (Lipinski definition) is 1. The third-order valence-corrected chi connectivity index (χ3v) is 4.58. The minimum absolute atomic E-state index is 0.336. The predicted molar refractivity (Wildman–Crippen MR) is 88.9 cm³/mol. The topological polar surface area (TPSA) is 24.5 Å². The van der Waals surface area contributed by atoms with Crippen LogP contribution in [0, 0.1) is 5.92 Å². The molecule has 118 valence electrons. The van der Waals surface area contributed by atoms with Crippen LogP contribution in [0.15, 0.2) is 24.3 Å². The number of likely N-dealkylation sites (tertiary alicyclic amines) is 1. The molecular formula is C18H30N2O. The van der Waals surface area contributed by atoms with Gasteiger partial charge in [0.25, 0.3) is 0 Å². The fourth-order valence-corrected chi connectivity index (χ4v) is 3.04. The summed E-state index contributed by atoms with van der Waals surface area (Å²) in [6.45, 7) is 9.42. The molecule has 0 radical (unpaired) electrons. The second kappa shape index (κ2) is 8.40. The van der Waals surface area contributed by atoms with Gasteiger partial charge in [-0.15, -0.1) is 0 Å². The van der Waals surface area contributed by atoms with Crippen LogP contribution in [0.1, 0.15) is 44.7 Å². The number of nitrogens with zero attached hydrogens (tertiary/aromatic N) is 1. The van der Waals surface area contributed by atoms with E-state index in [4.69, 9.17) is 4.74 Å². The van der Waals surface area contributed by atoms with Crippen LogP contribution >= 0.6 is 0 Å². The molecule has 1 aliphatic rings. The van der Waals surface area contributed by atoms with Gasteiger partial charge in [-0.05, 0) is 64.3 Å². The monoisotopic (exact) mass is 290 g/mol. The summed E-state index contributed by atoms with van der Waals surface area (Å²) in [5.74, 6) is 1.90. The van der Waals surface area contributed by atoms with Crippen LogP contribution < -0.4 is 10.1 Å². The molecule has 1 unspecified atom stereocenters. The maximum atomic E-state index is 5.43. The molecule has 1 aromatic carbocycles. The molecule has 2 rings (SSSR count). The minimum Gasteiger partial charge on any atom is -0.496 e. The molecule has 0 bridgehead atoms. The van der Waals surface area contributed by atoms with Gasteiger partial charge < -0.3 is 15.0 Å². The Bertz CT molecular complexity index is 413. The van der Waals surface area contributed by atoms with Gasteiger partial charge in [-0.3, -0.25) is 0 Å². The van der Waals surface area contributed by atoms with E-state index in [-0.39, 0.29) is 0 Å². The van der Waals surface area contributed by atoms with E-state index < -0.39 is 0 Å². The lowest BCUT2D eigenvalue weighted by molar-refractivity contribution is 0.190. The molecule has 0 saturated carbocycles. The van der Waals surface area contributed by atoms with Crippen molar-refractivity contribution in [3.8, 4) is 5.75 Å². The van der Waals surface area contributed by atoms with Crippen molar-refractivity contribution >= 4 is 0 Å². The van der Waals surface area contributed by atoms with E-state index in [0.717, 1.165) is 18.2 Å². The van der Waals surface area contributed by atoms with Gasteiger partial charge in [-0.2, -0.15) is 0 Å². The summed E-state index contributed by atoms with van der Waals surface area (Å²) in [6.07, 6.45) is 3.95. The summed E-state index contributed by atoms with van der Waals surface area (Å²) in [5.41, 5.74) is 1.24. The molecule has 1 aliphatic heterocycles. The SMILES string of the molecule is COc1ccccc1C(C)NCCCN1CCC(C)CC1. The van der Waals surface area contributed by atoms with E-state index in [9.17, 15) is 0 Å². The fraction of sp³-hybridized carbons (Fsp3) is 0.667. The normalized spacial score (nSPS) is 18.6. The average molecular weight is 290 g/mol. The molecule has 1 aromatic rings. The second-order valence-electron chi connectivity index (χ2n) is 6.30. The first-order valence-electron chi connectivity index (χ1n) is 8.29. The van der Waals surface area contributed by atoms with Crippen molar-refractivity contribution in [1.29, 1.82) is 0 Å². The predicted octanol–water partition coefficient (Wildman–Crippen LogP) is 3.47. The first-order chi connectivity index (χ1) is 10.2. The second-order valence-corrected chi connectivity index (χ2v) is 6.30. The highest BCUT2D eigenvalue weighted by molar-refractivity contribution is 5.35. The number of rotatable bonds is 7. The zero-order valence-electron chi connectivity index (χ0n) is 13.8. The molecule has 1 N–H and O–H groups in total. The molecular weight excluding hydrogens is 260 g/mol. The molecule has 0 aliphatic carbocycles. The van der Waals surface area contributed by atoms with Crippen LogP contribution in [0.25, 0.3) is 0 Å². The molecule has 0 spiro atoms. The molecule has 1 atom stereocenters. The Morgan fingerprint density at radius 2 is 2.00 bits per heavy atom. The Morgan fingerprint density at radius 1 is 1.29 bits per heavy atom. The standard InChI is InChI=1S/C18H30N2O/c1-15-9-13-20(14-10-15)12-6-11-19-16(2)17-7-4-5-8-18(17)21-3/h4-5,7-8,15-16,19H,6,9-14H2,1-3H3. The van der Waals surface area contributed by atoms with Crippen LogP contribution in [0.4, 0.5) is 0 Å². The Morgan fingerprint density at radius 3 is 2.71 bits per heavy atom. The summed E-state index contributed by atoms with van der Waals surface area (Å²) >= 11 is 0. The van der Waals surface area contributed by atoms with E-state index >= 15 is 0 Å². The van der Waals surface area contributed by atoms with Gasteiger partial charge in [-0.25, -0.2) is 0 Å². The van der Waals surface area contributed by atoms with Gasteiger partial charge >= 0.3 is 0 Å². The van der Waals surface area contributed by atoms with Gasteiger partial charge in [0.05, 0.1) is 7.11 Å². The number of nitrogens with one attached hydrogen (secondary N) is 1. The lowest BCUT2D eigenvalue weighted by atomic mass is 9.99. The lowest BCUT2D eigenvalue weighted by Gasteiger charge is -2.30. The Balaban J connectivity index is 1.68. The van der Waals surface area contributed by atoms with Gasteiger partial charge in [0, 0.05) is 11.6 Å². The number of hydrogen-bond acceptors (Lipinski definition) is 3. The zero-order chi connectivity index (χ0) is 15.1. The number of benzene rings is 1. The number of piperidine rings is 1. The average Bonchev–Trinajstić information content (AvgIpc) is 2.53. The van der Waals surface area contributed by atoms with Crippen molar-refractivity contribution in [3.63, 3.8) is 0 Å². The molecule has 3 heteroatoms. The van der Waals surface area contributed by atoms with Gasteiger partial charge in [0.2, 0.25) is 0 Å². The van der Waals surface area contributed by atoms with Gasteiger partial charge in [0.1, 0.15) is 5.75 Å². The first kappa shape index (κ1) is 16.3. The molecule has 3 nitrogen and oxygen atoms in total. The van der Waals surface area contributed by atoms with Crippen molar-refractivity contribution in [3.05, 3.63) is 29.8 Å². The van der Waals surface area contributed by atoms with Crippen molar-refractivity contribution in [1.82, 2.24) is 10.2 Å². The largest absolute Gasteiger partial charge is 0.496 e. The van der Waals surface area contributed by atoms with E-state index in [2.05, 4.69) is 36.2 Å². The smallest absolute Gasteiger partial charge is 0.123 e. The van der Waals surface area contributed by atoms with E-state index in [1.54, 1.807) is 7.11 Å². The zero-order valence-corrected chi connectivity index (χ0v) is 13.8. The van der Waals surface area contributed by atoms with E-state index in [1.165, 1.54) is 44.5 Å². The summed E-state index contributed by atoms with van der Waals surface area (Å²) in [6, 6.07) is 8.60. The van der Waals surface area contributed by atoms with E-state index in [1.807, 2.05) is 12.1 Å². The highest BCUT2D eigenvalue weighted by Crippen LogP contribution is 2.24. The first-order valence-corrected chi connectivity index (χ1v) is 8.29. The van der Waals surface area contributed by atoms with Crippen molar-refractivity contribution in [2.45, 2.75) is 39.2 Å². The van der Waals surface area contributed by atoms with Gasteiger partial charge in [0.15, 0.2) is 0 Å². The van der Waals surface area contributed by atoms with E-state index in [0.29, 0.717) is 6.04 Å². The van der Waals surface area contributed by atoms with Crippen molar-refractivity contribution < 1.29 is 4.74 Å². The number of ether oxygens (including phenoxy) is 1. The van der Waals surface area contributed by atoms with Crippen LogP contribution in [0.5, 0.6) is 5.75 Å². The van der Waals surface area contributed by atoms with Crippen LogP contribution in [0.3, 0.4) is 0 Å². The Hall–Kier alpha value is -1.06. The molecule has 1 saturated heterocycles. The summed E-state index contributed by atoms with van der Waals surface area (Å²) in [7, 11) is 1.74. The third-order valence-electron chi connectivity index (χ3n) is 4.58. The van der Waals surface area contributed by atoms with Crippen molar-refractivity contribution in [2.24, 2.45) is 5.92 Å². The Labute approximate surface area is 129 Å². The Kier molecular flexibility index (Phi) is 6.52. The third kappa shape index (κ3) is 5.01. The number of para-hydroxylation sites is 1. The summed E-state index contributed by atoms with van der Waals surface area (Å²) in [5, 5.41) is 3.62. The van der Waals surface area contributed by atoms with Crippen molar-refractivity contribution in [2.75, 3.05) is 33.3 Å². The molecule has 21 heavy (non-hydrogen) atoms. The van der Waals surface area contributed by atoms with Crippen LogP contribution in [0.2, 0.25) is 0 Å². The highest BCUT2D eigenvalue weighted by Gasteiger charge is 2.15. The molecule has 0 aromatic heterocycles. The van der Waals surface area contributed by atoms with Crippen LogP contribution in [-0.4, -0.2) is 38.2 Å². The van der Waals surface area contributed by atoms with Crippen LogP contribution in [-0.2, 0) is 0 Å². The molecule has 0 amide bonds. The molecule has 1 heterocycles. The molecule has 1 fully saturated rings. The summed E-state index contributed by atoms with van der Waals surface area (Å²) in [4.78, 5) is 2.61. The lowest BCUT2D eigenvalue weighted by Crippen LogP contribution is -2.35. The maximum Gasteiger partial charge on any atom is 0.123 e. The minimum atomic E-state index is 0.336. The fourth-order valence-electron chi connectivity index (χ4n) is 3.04. The summed E-state index contributed by atoms with van der Waals surface area (Å²) < 4.78 is 5.43. The van der Waals surface area contributed by atoms with Gasteiger partial charge in [-0.1, -0.05) is 25.1 Å². The number of methoxy groups -OCH3 is 1. The maximum absolute atomic E-state index is 5.43. The quantitative estimate of drug-likeness (QED) is 0.778. The highest BCUT2D eigenvalue weighted by atomic mass is 16.5.